The molecule has 1 aromatic rings. The number of cyclic esters (lactones) is 1. The summed E-state index contributed by atoms with van der Waals surface area (Å²) in [6.07, 6.45) is 3.22. The van der Waals surface area contributed by atoms with Gasteiger partial charge in [-0.25, -0.2) is 9.59 Å². The number of nitrogens with one attached hydrogen (secondary N) is 1. The summed E-state index contributed by atoms with van der Waals surface area (Å²) >= 11 is 0. The van der Waals surface area contributed by atoms with E-state index < -0.39 is 28.7 Å². The van der Waals surface area contributed by atoms with Crippen molar-refractivity contribution in [2.75, 3.05) is 6.61 Å². The van der Waals surface area contributed by atoms with Crippen LogP contribution in [0.25, 0.3) is 0 Å². The van der Waals surface area contributed by atoms with Crippen molar-refractivity contribution in [2.45, 2.75) is 64.1 Å². The van der Waals surface area contributed by atoms with E-state index in [4.69, 9.17) is 9.47 Å². The van der Waals surface area contributed by atoms with Crippen molar-refractivity contribution in [2.24, 2.45) is 5.92 Å². The molecule has 1 saturated heterocycles. The fourth-order valence-corrected chi connectivity index (χ4v) is 4.10. The van der Waals surface area contributed by atoms with E-state index in [0.29, 0.717) is 6.42 Å². The normalized spacial score (nSPS) is 26.3. The molecular weight excluding hydrogens is 384 g/mol. The zero-order chi connectivity index (χ0) is 22.2. The molecule has 1 fully saturated rings. The minimum Gasteiger partial charge on any atom is -0.464 e. The Labute approximate surface area is 177 Å². The molecular formula is C23H30N2O5. The summed E-state index contributed by atoms with van der Waals surface area (Å²) in [4.78, 5) is 40.5. The molecule has 3 rings (SSSR count). The van der Waals surface area contributed by atoms with Crippen LogP contribution in [0.1, 0.15) is 46.6 Å². The second-order valence-electron chi connectivity index (χ2n) is 9.22. The Morgan fingerprint density at radius 2 is 1.90 bits per heavy atom. The van der Waals surface area contributed by atoms with Gasteiger partial charge < -0.3 is 14.8 Å². The van der Waals surface area contributed by atoms with Gasteiger partial charge >= 0.3 is 12.1 Å². The molecule has 2 aliphatic rings. The molecule has 0 unspecified atom stereocenters. The van der Waals surface area contributed by atoms with Crippen LogP contribution in [0.2, 0.25) is 0 Å². The fourth-order valence-electron chi connectivity index (χ4n) is 4.10. The van der Waals surface area contributed by atoms with Gasteiger partial charge in [-0.3, -0.25) is 9.69 Å². The van der Waals surface area contributed by atoms with Gasteiger partial charge in [0.2, 0.25) is 0 Å². The SMILES string of the molecule is CC(C)[C@]1(N2C=C[C@](Cc3ccccc3)(NC(=O)OC(C)(C)C)C2=O)CCOC1=O. The molecule has 2 atom stereocenters. The number of benzene rings is 1. The van der Waals surface area contributed by atoms with E-state index in [1.165, 1.54) is 4.90 Å². The molecule has 2 heterocycles. The van der Waals surface area contributed by atoms with E-state index in [1.54, 1.807) is 33.0 Å². The maximum absolute atomic E-state index is 13.8. The molecule has 0 saturated carbocycles. The quantitative estimate of drug-likeness (QED) is 0.748. The van der Waals surface area contributed by atoms with E-state index >= 15 is 0 Å². The minimum atomic E-state index is -1.35. The molecule has 0 aromatic heterocycles. The number of carbonyl (C=O) groups is 3. The third-order valence-electron chi connectivity index (χ3n) is 5.61. The van der Waals surface area contributed by atoms with Gasteiger partial charge in [-0.05, 0) is 38.3 Å². The smallest absolute Gasteiger partial charge is 0.408 e. The first-order valence-corrected chi connectivity index (χ1v) is 10.3. The van der Waals surface area contributed by atoms with Gasteiger partial charge in [-0.1, -0.05) is 44.2 Å². The first-order chi connectivity index (χ1) is 14.0. The number of nitrogens with zero attached hydrogens (tertiary/aromatic N) is 1. The lowest BCUT2D eigenvalue weighted by Gasteiger charge is -2.39. The Kier molecular flexibility index (Phi) is 5.67. The zero-order valence-electron chi connectivity index (χ0n) is 18.2. The number of alkyl carbamates (subject to hydrolysis) is 1. The van der Waals surface area contributed by atoms with Gasteiger partial charge in [0.05, 0.1) is 6.61 Å². The molecule has 0 spiro atoms. The Hall–Kier alpha value is -2.83. The maximum Gasteiger partial charge on any atom is 0.408 e. The molecule has 1 N–H and O–H groups in total. The number of esters is 1. The van der Waals surface area contributed by atoms with Crippen LogP contribution in [0.15, 0.2) is 42.6 Å². The summed E-state index contributed by atoms with van der Waals surface area (Å²) in [6, 6.07) is 9.43. The van der Waals surface area contributed by atoms with Crippen molar-refractivity contribution in [3.8, 4) is 0 Å². The van der Waals surface area contributed by atoms with Crippen molar-refractivity contribution in [3.05, 3.63) is 48.2 Å². The Bertz CT molecular complexity index is 858. The average Bonchev–Trinajstić information content (AvgIpc) is 3.16. The molecule has 0 radical (unpaired) electrons. The Balaban J connectivity index is 1.97. The van der Waals surface area contributed by atoms with Gasteiger partial charge in [0.15, 0.2) is 0 Å². The second-order valence-corrected chi connectivity index (χ2v) is 9.22. The monoisotopic (exact) mass is 414 g/mol. The number of carbonyl (C=O) groups excluding carboxylic acids is 3. The highest BCUT2D eigenvalue weighted by molar-refractivity contribution is 6.00. The van der Waals surface area contributed by atoms with Gasteiger partial charge in [-0.15, -0.1) is 0 Å². The first-order valence-electron chi connectivity index (χ1n) is 10.3. The van der Waals surface area contributed by atoms with Gasteiger partial charge in [0.1, 0.15) is 16.7 Å². The highest BCUT2D eigenvalue weighted by Crippen LogP contribution is 2.40. The highest BCUT2D eigenvalue weighted by atomic mass is 16.6. The lowest BCUT2D eigenvalue weighted by molar-refractivity contribution is -0.155. The number of rotatable bonds is 5. The van der Waals surface area contributed by atoms with E-state index in [9.17, 15) is 14.4 Å². The van der Waals surface area contributed by atoms with Crippen molar-refractivity contribution in [1.82, 2.24) is 10.2 Å². The summed E-state index contributed by atoms with van der Waals surface area (Å²) < 4.78 is 10.7. The van der Waals surface area contributed by atoms with Crippen molar-refractivity contribution >= 4 is 18.0 Å². The predicted molar refractivity (Wildman–Crippen MR) is 111 cm³/mol. The summed E-state index contributed by atoms with van der Waals surface area (Å²) in [5.74, 6) is -0.941. The topological polar surface area (TPSA) is 84.9 Å². The lowest BCUT2D eigenvalue weighted by atomic mass is 9.82. The third kappa shape index (κ3) is 3.93. The highest BCUT2D eigenvalue weighted by Gasteiger charge is 2.58. The van der Waals surface area contributed by atoms with Crippen molar-refractivity contribution in [3.63, 3.8) is 0 Å². The molecule has 1 aromatic carbocycles. The van der Waals surface area contributed by atoms with Crippen LogP contribution in [0.5, 0.6) is 0 Å². The second kappa shape index (κ2) is 7.78. The van der Waals surface area contributed by atoms with E-state index in [-0.39, 0.29) is 24.9 Å². The number of hydrogen-bond acceptors (Lipinski definition) is 5. The first kappa shape index (κ1) is 21.9. The standard InChI is InChI=1S/C23H30N2O5/c1-16(2)23(12-14-29-19(23)27)25-13-11-22(18(25)26,15-17-9-7-6-8-10-17)24-20(28)30-21(3,4)5/h6-11,13,16H,12,14-15H2,1-5H3,(H,24,28)/t22-,23-/m1/s1. The van der Waals surface area contributed by atoms with Crippen LogP contribution >= 0.6 is 0 Å². The van der Waals surface area contributed by atoms with Gasteiger partial charge in [0, 0.05) is 19.0 Å². The summed E-state index contributed by atoms with van der Waals surface area (Å²) in [5, 5.41) is 2.78. The van der Waals surface area contributed by atoms with Crippen molar-refractivity contribution in [1.29, 1.82) is 0 Å². The fraction of sp³-hybridized carbons (Fsp3) is 0.522. The molecule has 30 heavy (non-hydrogen) atoms. The van der Waals surface area contributed by atoms with Crippen LogP contribution in [0.3, 0.4) is 0 Å². The molecule has 0 aliphatic carbocycles. The van der Waals surface area contributed by atoms with Gasteiger partial charge in [0.25, 0.3) is 5.91 Å². The van der Waals surface area contributed by atoms with Crippen LogP contribution in [0, 0.1) is 5.92 Å². The summed E-state index contributed by atoms with van der Waals surface area (Å²) in [7, 11) is 0. The lowest BCUT2D eigenvalue weighted by Crippen LogP contribution is -2.62. The average molecular weight is 415 g/mol. The van der Waals surface area contributed by atoms with E-state index in [1.807, 2.05) is 44.2 Å². The Morgan fingerprint density at radius 3 is 2.43 bits per heavy atom. The van der Waals surface area contributed by atoms with Crippen molar-refractivity contribution < 1.29 is 23.9 Å². The van der Waals surface area contributed by atoms with Crippen LogP contribution in [0.4, 0.5) is 4.79 Å². The number of ether oxygens (including phenoxy) is 2. The number of amides is 2. The van der Waals surface area contributed by atoms with Gasteiger partial charge in [-0.2, -0.15) is 0 Å². The summed E-state index contributed by atoms with van der Waals surface area (Å²) in [5.41, 5.74) is -2.27. The minimum absolute atomic E-state index is 0.157. The summed E-state index contributed by atoms with van der Waals surface area (Å²) in [6.45, 7) is 9.34. The maximum atomic E-state index is 13.8. The predicted octanol–water partition coefficient (Wildman–Crippen LogP) is 3.19. The molecule has 2 amide bonds. The molecule has 162 valence electrons. The Morgan fingerprint density at radius 1 is 1.23 bits per heavy atom. The molecule has 0 bridgehead atoms. The molecule has 7 heteroatoms. The van der Waals surface area contributed by atoms with Crippen LogP contribution in [-0.2, 0) is 25.5 Å². The number of hydrogen-bond donors (Lipinski definition) is 1. The van der Waals surface area contributed by atoms with E-state index in [2.05, 4.69) is 5.32 Å². The third-order valence-corrected chi connectivity index (χ3v) is 5.61. The molecule has 7 nitrogen and oxygen atoms in total. The molecule has 2 aliphatic heterocycles. The largest absolute Gasteiger partial charge is 0.464 e. The van der Waals surface area contributed by atoms with E-state index in [0.717, 1.165) is 5.56 Å². The van der Waals surface area contributed by atoms with Crippen LogP contribution in [-0.4, -0.2) is 46.2 Å². The van der Waals surface area contributed by atoms with Crippen LogP contribution < -0.4 is 5.32 Å². The zero-order valence-corrected chi connectivity index (χ0v) is 18.2.